The van der Waals surface area contributed by atoms with Crippen molar-refractivity contribution in [3.05, 3.63) is 11.1 Å². The highest BCUT2D eigenvalue weighted by molar-refractivity contribution is 9.09. The Morgan fingerprint density at radius 1 is 1.67 bits per heavy atom. The summed E-state index contributed by atoms with van der Waals surface area (Å²) in [6.45, 7) is 3.27. The lowest BCUT2D eigenvalue weighted by atomic mass is 10.1. The molecule has 15 heavy (non-hydrogen) atoms. The Balaban J connectivity index is 2.01. The first kappa shape index (κ1) is 11.4. The molecule has 2 rings (SSSR count). The zero-order chi connectivity index (χ0) is 10.7. The molecule has 0 radical (unpaired) electrons. The van der Waals surface area contributed by atoms with E-state index in [4.69, 9.17) is 0 Å². The van der Waals surface area contributed by atoms with Gasteiger partial charge in [0.1, 0.15) is 0 Å². The van der Waals surface area contributed by atoms with Gasteiger partial charge < -0.3 is 4.90 Å². The van der Waals surface area contributed by atoms with E-state index in [1.165, 1.54) is 37.4 Å². The lowest BCUT2D eigenvalue weighted by Crippen LogP contribution is -2.29. The van der Waals surface area contributed by atoms with E-state index in [1.54, 1.807) is 11.3 Å². The van der Waals surface area contributed by atoms with Crippen LogP contribution in [-0.4, -0.2) is 22.9 Å². The third-order valence-corrected chi connectivity index (χ3v) is 4.46. The number of nitrogens with zero attached hydrogens (tertiary/aromatic N) is 2. The fourth-order valence-electron chi connectivity index (χ4n) is 2.17. The number of aromatic nitrogens is 1. The van der Waals surface area contributed by atoms with Gasteiger partial charge in [0.05, 0.1) is 5.69 Å². The Hall–Kier alpha value is -0.0900. The molecule has 0 aliphatic carbocycles. The Labute approximate surface area is 104 Å². The molecule has 84 valence electrons. The summed E-state index contributed by atoms with van der Waals surface area (Å²) >= 11 is 5.29. The molecule has 0 N–H and O–H groups in total. The summed E-state index contributed by atoms with van der Waals surface area (Å²) in [5, 5.41) is 4.49. The summed E-state index contributed by atoms with van der Waals surface area (Å²) in [4.78, 5) is 7.08. The summed E-state index contributed by atoms with van der Waals surface area (Å²) in [5.41, 5.74) is 1.15. The SMILES string of the molecule is Cc1csc(N2CCCC2CCCBr)n1. The van der Waals surface area contributed by atoms with E-state index in [2.05, 4.69) is 38.1 Å². The molecule has 0 aromatic carbocycles. The Morgan fingerprint density at radius 2 is 2.53 bits per heavy atom. The maximum atomic E-state index is 4.58. The fourth-order valence-corrected chi connectivity index (χ4v) is 3.40. The number of halogens is 1. The predicted octanol–water partition coefficient (Wildman–Crippen LogP) is 3.60. The van der Waals surface area contributed by atoms with Crippen molar-refractivity contribution >= 4 is 32.4 Å². The molecule has 0 saturated carbocycles. The summed E-state index contributed by atoms with van der Waals surface area (Å²) in [7, 11) is 0. The topological polar surface area (TPSA) is 16.1 Å². The first-order chi connectivity index (χ1) is 7.31. The molecule has 1 unspecified atom stereocenters. The summed E-state index contributed by atoms with van der Waals surface area (Å²) in [5.74, 6) is 0. The first-order valence-electron chi connectivity index (χ1n) is 5.56. The minimum absolute atomic E-state index is 0.730. The lowest BCUT2D eigenvalue weighted by Gasteiger charge is -2.23. The van der Waals surface area contributed by atoms with Crippen LogP contribution in [0.3, 0.4) is 0 Å². The van der Waals surface area contributed by atoms with Gasteiger partial charge in [0.25, 0.3) is 0 Å². The monoisotopic (exact) mass is 288 g/mol. The Kier molecular flexibility index (Phi) is 4.03. The van der Waals surface area contributed by atoms with Gasteiger partial charge in [0.2, 0.25) is 0 Å². The van der Waals surface area contributed by atoms with E-state index in [-0.39, 0.29) is 0 Å². The standard InChI is InChI=1S/C11H17BrN2S/c1-9-8-15-11(13-9)14-7-3-5-10(14)4-2-6-12/h8,10H,2-7H2,1H3. The van der Waals surface area contributed by atoms with E-state index >= 15 is 0 Å². The van der Waals surface area contributed by atoms with Gasteiger partial charge in [0, 0.05) is 23.3 Å². The van der Waals surface area contributed by atoms with E-state index < -0.39 is 0 Å². The zero-order valence-electron chi connectivity index (χ0n) is 9.08. The first-order valence-corrected chi connectivity index (χ1v) is 7.56. The number of anilines is 1. The minimum atomic E-state index is 0.730. The highest BCUT2D eigenvalue weighted by Crippen LogP contribution is 2.30. The van der Waals surface area contributed by atoms with Crippen molar-refractivity contribution in [3.63, 3.8) is 0 Å². The fraction of sp³-hybridized carbons (Fsp3) is 0.727. The van der Waals surface area contributed by atoms with Crippen molar-refractivity contribution in [3.8, 4) is 0 Å². The highest BCUT2D eigenvalue weighted by atomic mass is 79.9. The van der Waals surface area contributed by atoms with Crippen LogP contribution in [0.25, 0.3) is 0 Å². The van der Waals surface area contributed by atoms with Crippen molar-refractivity contribution in [2.45, 2.75) is 38.6 Å². The average molecular weight is 289 g/mol. The molecule has 2 heterocycles. The van der Waals surface area contributed by atoms with Gasteiger partial charge in [0.15, 0.2) is 5.13 Å². The van der Waals surface area contributed by atoms with Crippen LogP contribution in [-0.2, 0) is 0 Å². The summed E-state index contributed by atoms with van der Waals surface area (Å²) in [6, 6.07) is 0.730. The molecule has 1 aliphatic heterocycles. The van der Waals surface area contributed by atoms with Gasteiger partial charge in [-0.05, 0) is 32.6 Å². The number of hydrogen-bond acceptors (Lipinski definition) is 3. The van der Waals surface area contributed by atoms with Crippen molar-refractivity contribution in [2.75, 3.05) is 16.8 Å². The second-order valence-corrected chi connectivity index (χ2v) is 5.72. The molecule has 0 bridgehead atoms. The van der Waals surface area contributed by atoms with Gasteiger partial charge >= 0.3 is 0 Å². The van der Waals surface area contributed by atoms with E-state index in [0.717, 1.165) is 17.1 Å². The lowest BCUT2D eigenvalue weighted by molar-refractivity contribution is 0.603. The van der Waals surface area contributed by atoms with Gasteiger partial charge in [-0.3, -0.25) is 0 Å². The molecule has 1 fully saturated rings. The molecule has 1 atom stereocenters. The third-order valence-electron chi connectivity index (χ3n) is 2.90. The van der Waals surface area contributed by atoms with Crippen LogP contribution >= 0.6 is 27.3 Å². The zero-order valence-corrected chi connectivity index (χ0v) is 11.5. The molecule has 0 amide bonds. The minimum Gasteiger partial charge on any atom is -0.345 e. The van der Waals surface area contributed by atoms with Gasteiger partial charge in [-0.15, -0.1) is 11.3 Å². The molecular formula is C11H17BrN2S. The Bertz CT molecular complexity index is 313. The van der Waals surface area contributed by atoms with Crippen LogP contribution in [0, 0.1) is 6.92 Å². The normalized spacial score (nSPS) is 21.2. The van der Waals surface area contributed by atoms with Crippen LogP contribution in [0.1, 0.15) is 31.4 Å². The second kappa shape index (κ2) is 5.30. The van der Waals surface area contributed by atoms with Crippen molar-refractivity contribution in [2.24, 2.45) is 0 Å². The number of hydrogen-bond donors (Lipinski definition) is 0. The highest BCUT2D eigenvalue weighted by Gasteiger charge is 2.25. The van der Waals surface area contributed by atoms with E-state index in [1.807, 2.05) is 0 Å². The Morgan fingerprint density at radius 3 is 3.20 bits per heavy atom. The molecular weight excluding hydrogens is 272 g/mol. The van der Waals surface area contributed by atoms with Gasteiger partial charge in [-0.25, -0.2) is 4.98 Å². The van der Waals surface area contributed by atoms with Crippen LogP contribution in [0.2, 0.25) is 0 Å². The van der Waals surface area contributed by atoms with Crippen LogP contribution in [0.4, 0.5) is 5.13 Å². The number of thiazole rings is 1. The molecule has 1 aromatic rings. The van der Waals surface area contributed by atoms with Crippen molar-refractivity contribution in [1.82, 2.24) is 4.98 Å². The van der Waals surface area contributed by atoms with E-state index in [0.29, 0.717) is 0 Å². The van der Waals surface area contributed by atoms with Crippen LogP contribution in [0.5, 0.6) is 0 Å². The average Bonchev–Trinajstić information content (AvgIpc) is 2.82. The second-order valence-electron chi connectivity index (χ2n) is 4.09. The van der Waals surface area contributed by atoms with Crippen molar-refractivity contribution < 1.29 is 0 Å². The number of alkyl halides is 1. The number of aryl methyl sites for hydroxylation is 1. The number of rotatable bonds is 4. The van der Waals surface area contributed by atoms with Gasteiger partial charge in [-0.2, -0.15) is 0 Å². The quantitative estimate of drug-likeness (QED) is 0.787. The molecule has 1 saturated heterocycles. The molecule has 0 spiro atoms. The smallest absolute Gasteiger partial charge is 0.185 e. The van der Waals surface area contributed by atoms with E-state index in [9.17, 15) is 0 Å². The molecule has 2 nitrogen and oxygen atoms in total. The summed E-state index contributed by atoms with van der Waals surface area (Å²) < 4.78 is 0. The van der Waals surface area contributed by atoms with Crippen LogP contribution < -0.4 is 4.90 Å². The maximum Gasteiger partial charge on any atom is 0.185 e. The van der Waals surface area contributed by atoms with Crippen molar-refractivity contribution in [1.29, 1.82) is 0 Å². The molecule has 4 heteroatoms. The third kappa shape index (κ3) is 2.72. The maximum absolute atomic E-state index is 4.58. The molecule has 1 aromatic heterocycles. The molecule has 1 aliphatic rings. The van der Waals surface area contributed by atoms with Gasteiger partial charge in [-0.1, -0.05) is 15.9 Å². The predicted molar refractivity (Wildman–Crippen MR) is 70.2 cm³/mol. The summed E-state index contributed by atoms with van der Waals surface area (Å²) in [6.07, 6.45) is 5.23. The van der Waals surface area contributed by atoms with Crippen LogP contribution in [0.15, 0.2) is 5.38 Å². The largest absolute Gasteiger partial charge is 0.345 e.